The average Bonchev–Trinajstić information content (AvgIpc) is 2.16. The van der Waals surface area contributed by atoms with Crippen molar-refractivity contribution in [2.75, 3.05) is 0 Å². The van der Waals surface area contributed by atoms with Gasteiger partial charge in [-0.05, 0) is 20.8 Å². The van der Waals surface area contributed by atoms with E-state index in [0.717, 1.165) is 0 Å². The number of hydrogen-bond donors (Lipinski definition) is 3. The monoisotopic (exact) mass is 231 g/mol. The number of carboxylic acid groups (broad SMARTS) is 1. The molecule has 7 nitrogen and oxygen atoms in total. The molecular formula is C9H17N3O4. The Morgan fingerprint density at radius 1 is 1.00 bits per heavy atom. The Labute approximate surface area is 93.4 Å². The van der Waals surface area contributed by atoms with Crippen LogP contribution in [0, 0.1) is 0 Å². The first-order valence-corrected chi connectivity index (χ1v) is 4.81. The van der Waals surface area contributed by atoms with Crippen LogP contribution >= 0.6 is 0 Å². The fraction of sp³-hybridized carbons (Fsp3) is 0.667. The average molecular weight is 231 g/mol. The minimum Gasteiger partial charge on any atom is -0.480 e. The lowest BCUT2D eigenvalue weighted by atomic mass is 10.2. The van der Waals surface area contributed by atoms with Gasteiger partial charge < -0.3 is 16.6 Å². The van der Waals surface area contributed by atoms with Gasteiger partial charge in [-0.25, -0.2) is 4.79 Å². The second-order valence-corrected chi connectivity index (χ2v) is 3.64. The lowest BCUT2D eigenvalue weighted by Crippen LogP contribution is -2.56. The highest BCUT2D eigenvalue weighted by Crippen LogP contribution is 2.05. The van der Waals surface area contributed by atoms with Gasteiger partial charge >= 0.3 is 5.97 Å². The third kappa shape index (κ3) is 3.28. The van der Waals surface area contributed by atoms with Crippen LogP contribution in [0.4, 0.5) is 0 Å². The summed E-state index contributed by atoms with van der Waals surface area (Å²) in [6, 6.07) is -3.19. The van der Waals surface area contributed by atoms with Gasteiger partial charge in [0, 0.05) is 0 Å². The largest absolute Gasteiger partial charge is 0.480 e. The fourth-order valence-electron chi connectivity index (χ4n) is 1.04. The van der Waals surface area contributed by atoms with Crippen molar-refractivity contribution in [1.29, 1.82) is 0 Å². The summed E-state index contributed by atoms with van der Waals surface area (Å²) in [5, 5.41) is 8.79. The highest BCUT2D eigenvalue weighted by Gasteiger charge is 2.34. The van der Waals surface area contributed by atoms with Crippen LogP contribution in [0.25, 0.3) is 0 Å². The number of aliphatic carboxylic acids is 1. The van der Waals surface area contributed by atoms with Gasteiger partial charge in [0.1, 0.15) is 6.04 Å². The fourth-order valence-corrected chi connectivity index (χ4v) is 1.04. The standard InChI is InChI=1S/C9H17N3O4/c1-4(10)7(13)12(6(3)9(15)16)8(14)5(2)11/h4-6H,10-11H2,1-3H3,(H,15,16). The first kappa shape index (κ1) is 14.5. The van der Waals surface area contributed by atoms with E-state index in [4.69, 9.17) is 16.6 Å². The molecule has 0 bridgehead atoms. The van der Waals surface area contributed by atoms with Crippen LogP contribution in [0.1, 0.15) is 20.8 Å². The molecule has 0 spiro atoms. The quantitative estimate of drug-likeness (QED) is 0.541. The SMILES string of the molecule is CC(N)C(=O)N(C(=O)C(C)N)C(C)C(=O)O. The van der Waals surface area contributed by atoms with Gasteiger partial charge in [0.05, 0.1) is 12.1 Å². The maximum Gasteiger partial charge on any atom is 0.326 e. The van der Waals surface area contributed by atoms with Crippen LogP contribution in [-0.2, 0) is 14.4 Å². The van der Waals surface area contributed by atoms with Crippen LogP contribution in [0.3, 0.4) is 0 Å². The Morgan fingerprint density at radius 2 is 1.31 bits per heavy atom. The predicted octanol–water partition coefficient (Wildman–Crippen LogP) is -1.49. The second kappa shape index (κ2) is 5.57. The van der Waals surface area contributed by atoms with Gasteiger partial charge in [-0.1, -0.05) is 0 Å². The summed E-state index contributed by atoms with van der Waals surface area (Å²) in [5.41, 5.74) is 10.7. The van der Waals surface area contributed by atoms with Crippen molar-refractivity contribution in [1.82, 2.24) is 4.90 Å². The Kier molecular flexibility index (Phi) is 5.06. The van der Waals surface area contributed by atoms with Gasteiger partial charge in [-0.15, -0.1) is 0 Å². The Bertz CT molecular complexity index is 281. The first-order chi connectivity index (χ1) is 7.20. The highest BCUT2D eigenvalue weighted by molar-refractivity contribution is 6.02. The smallest absolute Gasteiger partial charge is 0.326 e. The lowest BCUT2D eigenvalue weighted by Gasteiger charge is -2.27. The Balaban J connectivity index is 5.13. The van der Waals surface area contributed by atoms with Crippen molar-refractivity contribution in [3.05, 3.63) is 0 Å². The molecule has 0 aliphatic rings. The summed E-state index contributed by atoms with van der Waals surface area (Å²) in [5.74, 6) is -2.79. The van der Waals surface area contributed by atoms with Crippen LogP contribution in [0.5, 0.6) is 0 Å². The van der Waals surface area contributed by atoms with E-state index >= 15 is 0 Å². The molecule has 0 saturated heterocycles. The number of carbonyl (C=O) groups excluding carboxylic acids is 2. The molecule has 0 aliphatic heterocycles. The Hall–Kier alpha value is -1.47. The maximum atomic E-state index is 11.6. The number of carbonyl (C=O) groups is 3. The second-order valence-electron chi connectivity index (χ2n) is 3.64. The number of imide groups is 1. The molecule has 0 heterocycles. The van der Waals surface area contributed by atoms with Crippen molar-refractivity contribution in [2.24, 2.45) is 11.5 Å². The lowest BCUT2D eigenvalue weighted by molar-refractivity contribution is -0.158. The van der Waals surface area contributed by atoms with Crippen LogP contribution < -0.4 is 11.5 Å². The van der Waals surface area contributed by atoms with Crippen LogP contribution in [-0.4, -0.2) is 45.9 Å². The third-order valence-electron chi connectivity index (χ3n) is 2.00. The van der Waals surface area contributed by atoms with E-state index in [-0.39, 0.29) is 0 Å². The third-order valence-corrected chi connectivity index (χ3v) is 2.00. The molecule has 0 rings (SSSR count). The summed E-state index contributed by atoms with van der Waals surface area (Å²) < 4.78 is 0. The summed E-state index contributed by atoms with van der Waals surface area (Å²) in [6.07, 6.45) is 0. The van der Waals surface area contributed by atoms with E-state index < -0.39 is 35.9 Å². The zero-order valence-corrected chi connectivity index (χ0v) is 9.51. The van der Waals surface area contributed by atoms with Crippen molar-refractivity contribution < 1.29 is 19.5 Å². The zero-order chi connectivity index (χ0) is 13.0. The summed E-state index contributed by atoms with van der Waals surface area (Å²) in [6.45, 7) is 3.97. The Morgan fingerprint density at radius 3 is 1.50 bits per heavy atom. The zero-order valence-electron chi connectivity index (χ0n) is 9.51. The summed E-state index contributed by atoms with van der Waals surface area (Å²) in [7, 11) is 0. The molecule has 92 valence electrons. The molecule has 3 atom stereocenters. The highest BCUT2D eigenvalue weighted by atomic mass is 16.4. The molecule has 0 radical (unpaired) electrons. The van der Waals surface area contributed by atoms with Crippen molar-refractivity contribution in [3.8, 4) is 0 Å². The molecule has 3 unspecified atom stereocenters. The number of hydrogen-bond acceptors (Lipinski definition) is 5. The summed E-state index contributed by atoms with van der Waals surface area (Å²) in [4.78, 5) is 34.6. The van der Waals surface area contributed by atoms with E-state index in [1.165, 1.54) is 20.8 Å². The molecule has 2 amide bonds. The first-order valence-electron chi connectivity index (χ1n) is 4.81. The number of amides is 2. The van der Waals surface area contributed by atoms with E-state index in [0.29, 0.717) is 4.90 Å². The maximum absolute atomic E-state index is 11.6. The van der Waals surface area contributed by atoms with Crippen molar-refractivity contribution in [3.63, 3.8) is 0 Å². The molecule has 0 aliphatic carbocycles. The molecular weight excluding hydrogens is 214 g/mol. The van der Waals surface area contributed by atoms with Gasteiger partial charge in [0.2, 0.25) is 11.8 Å². The molecule has 7 heteroatoms. The molecule has 16 heavy (non-hydrogen) atoms. The molecule has 0 aromatic rings. The van der Waals surface area contributed by atoms with E-state index in [9.17, 15) is 14.4 Å². The topological polar surface area (TPSA) is 127 Å². The van der Waals surface area contributed by atoms with Crippen LogP contribution in [0.2, 0.25) is 0 Å². The summed E-state index contributed by atoms with van der Waals surface area (Å²) >= 11 is 0. The van der Waals surface area contributed by atoms with Crippen molar-refractivity contribution >= 4 is 17.8 Å². The molecule has 0 aromatic carbocycles. The van der Waals surface area contributed by atoms with E-state index in [2.05, 4.69) is 0 Å². The number of carboxylic acids is 1. The molecule has 0 aromatic heterocycles. The minimum atomic E-state index is -1.29. The van der Waals surface area contributed by atoms with Gasteiger partial charge in [0.25, 0.3) is 0 Å². The number of rotatable bonds is 4. The molecule has 0 fully saturated rings. The number of nitrogens with two attached hydrogens (primary N) is 2. The van der Waals surface area contributed by atoms with E-state index in [1.807, 2.05) is 0 Å². The number of nitrogens with zero attached hydrogens (tertiary/aromatic N) is 1. The molecule has 0 saturated carbocycles. The molecule has 5 N–H and O–H groups in total. The normalized spacial score (nSPS) is 16.1. The minimum absolute atomic E-state index is 0.595. The van der Waals surface area contributed by atoms with Gasteiger partial charge in [-0.2, -0.15) is 0 Å². The van der Waals surface area contributed by atoms with Gasteiger partial charge in [0.15, 0.2) is 0 Å². The van der Waals surface area contributed by atoms with E-state index in [1.54, 1.807) is 0 Å². The van der Waals surface area contributed by atoms with Gasteiger partial charge in [-0.3, -0.25) is 14.5 Å². The van der Waals surface area contributed by atoms with Crippen molar-refractivity contribution in [2.45, 2.75) is 38.9 Å². The predicted molar refractivity (Wildman–Crippen MR) is 56.2 cm³/mol. The van der Waals surface area contributed by atoms with Crippen LogP contribution in [0.15, 0.2) is 0 Å².